The van der Waals surface area contributed by atoms with Gasteiger partial charge in [-0.3, -0.25) is 0 Å². The first-order valence-corrected chi connectivity index (χ1v) is 7.70. The number of benzene rings is 1. The highest BCUT2D eigenvalue weighted by Gasteiger charge is 2.10. The molecular weight excluding hydrogens is 250 g/mol. The van der Waals surface area contributed by atoms with Crippen molar-refractivity contribution < 1.29 is 9.84 Å². The maximum atomic E-state index is 9.72. The van der Waals surface area contributed by atoms with Crippen LogP contribution in [0.15, 0.2) is 18.2 Å². The molecule has 0 radical (unpaired) electrons. The van der Waals surface area contributed by atoms with Gasteiger partial charge in [-0.15, -0.1) is 0 Å². The van der Waals surface area contributed by atoms with Gasteiger partial charge in [-0.25, -0.2) is 0 Å². The van der Waals surface area contributed by atoms with E-state index in [0.29, 0.717) is 6.61 Å². The Bertz CT molecular complexity index is 391. The molecule has 1 aromatic rings. The van der Waals surface area contributed by atoms with Crippen molar-refractivity contribution in [1.82, 2.24) is 4.90 Å². The lowest BCUT2D eigenvalue weighted by Crippen LogP contribution is -2.19. The second-order valence-electron chi connectivity index (χ2n) is 5.42. The van der Waals surface area contributed by atoms with Crippen molar-refractivity contribution in [3.8, 4) is 5.75 Å². The Hall–Kier alpha value is -1.06. The first-order valence-electron chi connectivity index (χ1n) is 7.70. The largest absolute Gasteiger partial charge is 0.494 e. The molecule has 114 valence electrons. The quantitative estimate of drug-likeness (QED) is 0.699. The zero-order chi connectivity index (χ0) is 15.0. The second kappa shape index (κ2) is 8.98. The van der Waals surface area contributed by atoms with Crippen molar-refractivity contribution in [3.05, 3.63) is 29.3 Å². The van der Waals surface area contributed by atoms with Crippen LogP contribution in [0.4, 0.5) is 0 Å². The number of rotatable bonds is 9. The predicted octanol–water partition coefficient (Wildman–Crippen LogP) is 3.76. The average Bonchev–Trinajstić information content (AvgIpc) is 2.41. The third kappa shape index (κ3) is 5.51. The van der Waals surface area contributed by atoms with Gasteiger partial charge in [-0.05, 0) is 51.6 Å². The molecule has 0 amide bonds. The fourth-order valence-corrected chi connectivity index (χ4v) is 2.28. The molecule has 1 aromatic carbocycles. The average molecular weight is 279 g/mol. The number of nitrogens with zero attached hydrogens (tertiary/aromatic N) is 1. The van der Waals surface area contributed by atoms with Crippen LogP contribution < -0.4 is 4.74 Å². The van der Waals surface area contributed by atoms with Crippen molar-refractivity contribution in [2.75, 3.05) is 20.2 Å². The zero-order valence-electron chi connectivity index (χ0n) is 13.4. The van der Waals surface area contributed by atoms with Gasteiger partial charge in [0.15, 0.2) is 0 Å². The summed E-state index contributed by atoms with van der Waals surface area (Å²) in [5.41, 5.74) is 2.11. The Morgan fingerprint density at radius 2 is 2.00 bits per heavy atom. The number of aliphatic hydroxyl groups excluding tert-OH is 1. The van der Waals surface area contributed by atoms with E-state index in [0.717, 1.165) is 30.0 Å². The van der Waals surface area contributed by atoms with Crippen molar-refractivity contribution >= 4 is 0 Å². The van der Waals surface area contributed by atoms with Crippen LogP contribution in [0.25, 0.3) is 0 Å². The summed E-state index contributed by atoms with van der Waals surface area (Å²) < 4.78 is 5.69. The van der Waals surface area contributed by atoms with E-state index < -0.39 is 6.10 Å². The third-order valence-electron chi connectivity index (χ3n) is 3.45. The summed E-state index contributed by atoms with van der Waals surface area (Å²) in [6, 6.07) is 5.98. The first-order chi connectivity index (χ1) is 9.58. The van der Waals surface area contributed by atoms with E-state index in [1.807, 2.05) is 19.1 Å². The summed E-state index contributed by atoms with van der Waals surface area (Å²) in [4.78, 5) is 2.32. The summed E-state index contributed by atoms with van der Waals surface area (Å²) in [6.07, 6.45) is 3.31. The molecule has 0 aliphatic heterocycles. The van der Waals surface area contributed by atoms with Crippen LogP contribution in [0, 0.1) is 0 Å². The van der Waals surface area contributed by atoms with Crippen LogP contribution in [0.3, 0.4) is 0 Å². The maximum absolute atomic E-state index is 9.72. The molecule has 0 saturated carbocycles. The topological polar surface area (TPSA) is 32.7 Å². The molecule has 1 atom stereocenters. The number of hydrogen-bond donors (Lipinski definition) is 1. The smallest absolute Gasteiger partial charge is 0.123 e. The fourth-order valence-electron chi connectivity index (χ4n) is 2.28. The lowest BCUT2D eigenvalue weighted by Gasteiger charge is -2.20. The van der Waals surface area contributed by atoms with Crippen LogP contribution in [0.5, 0.6) is 5.75 Å². The maximum Gasteiger partial charge on any atom is 0.123 e. The minimum Gasteiger partial charge on any atom is -0.494 e. The number of aliphatic hydroxyl groups is 1. The monoisotopic (exact) mass is 279 g/mol. The van der Waals surface area contributed by atoms with E-state index in [1.54, 1.807) is 6.92 Å². The highest BCUT2D eigenvalue weighted by Crippen LogP contribution is 2.25. The molecule has 0 aliphatic rings. The van der Waals surface area contributed by atoms with E-state index in [9.17, 15) is 5.11 Å². The standard InChI is InChI=1S/C17H29NO2/c1-5-7-8-11-18(4)13-16-12-15(14(3)19)9-10-17(16)20-6-2/h9-10,12,14,19H,5-8,11,13H2,1-4H3. The molecule has 3 nitrogen and oxygen atoms in total. The number of hydrogen-bond acceptors (Lipinski definition) is 3. The molecule has 3 heteroatoms. The molecule has 20 heavy (non-hydrogen) atoms. The molecule has 0 spiro atoms. The molecule has 0 heterocycles. The molecular formula is C17H29NO2. The molecule has 0 aliphatic carbocycles. The molecule has 0 aromatic heterocycles. The first kappa shape index (κ1) is 17.0. The van der Waals surface area contributed by atoms with E-state index in [-0.39, 0.29) is 0 Å². The lowest BCUT2D eigenvalue weighted by atomic mass is 10.1. The summed E-state index contributed by atoms with van der Waals surface area (Å²) >= 11 is 0. The van der Waals surface area contributed by atoms with E-state index >= 15 is 0 Å². The van der Waals surface area contributed by atoms with Gasteiger partial charge in [-0.2, -0.15) is 0 Å². The van der Waals surface area contributed by atoms with Crippen LogP contribution >= 0.6 is 0 Å². The lowest BCUT2D eigenvalue weighted by molar-refractivity contribution is 0.198. The van der Waals surface area contributed by atoms with Gasteiger partial charge in [0.05, 0.1) is 12.7 Å². The Balaban J connectivity index is 2.75. The van der Waals surface area contributed by atoms with Gasteiger partial charge in [0.25, 0.3) is 0 Å². The van der Waals surface area contributed by atoms with Gasteiger partial charge in [0.2, 0.25) is 0 Å². The van der Waals surface area contributed by atoms with E-state index in [1.165, 1.54) is 19.3 Å². The number of unbranched alkanes of at least 4 members (excludes halogenated alkanes) is 2. The molecule has 0 saturated heterocycles. The summed E-state index contributed by atoms with van der Waals surface area (Å²) in [5.74, 6) is 0.930. The summed E-state index contributed by atoms with van der Waals surface area (Å²) in [6.45, 7) is 8.64. The van der Waals surface area contributed by atoms with E-state index in [2.05, 4.69) is 24.9 Å². The van der Waals surface area contributed by atoms with Gasteiger partial charge in [-0.1, -0.05) is 25.8 Å². The summed E-state index contributed by atoms with van der Waals surface area (Å²) in [5, 5.41) is 9.72. The van der Waals surface area contributed by atoms with E-state index in [4.69, 9.17) is 4.74 Å². The minimum atomic E-state index is -0.435. The van der Waals surface area contributed by atoms with Crippen molar-refractivity contribution in [1.29, 1.82) is 0 Å². The van der Waals surface area contributed by atoms with Crippen molar-refractivity contribution in [3.63, 3.8) is 0 Å². The predicted molar refractivity (Wildman–Crippen MR) is 84.1 cm³/mol. The highest BCUT2D eigenvalue weighted by molar-refractivity contribution is 5.38. The van der Waals surface area contributed by atoms with Gasteiger partial charge >= 0.3 is 0 Å². The fraction of sp³-hybridized carbons (Fsp3) is 0.647. The van der Waals surface area contributed by atoms with Crippen LogP contribution in [-0.4, -0.2) is 30.2 Å². The minimum absolute atomic E-state index is 0.435. The van der Waals surface area contributed by atoms with Crippen LogP contribution in [0.1, 0.15) is 57.3 Å². The molecule has 1 unspecified atom stereocenters. The Kier molecular flexibility index (Phi) is 7.63. The Morgan fingerprint density at radius 3 is 2.60 bits per heavy atom. The molecule has 1 rings (SSSR count). The third-order valence-corrected chi connectivity index (χ3v) is 3.45. The zero-order valence-corrected chi connectivity index (χ0v) is 13.4. The SMILES string of the molecule is CCCCCN(C)Cc1cc(C(C)O)ccc1OCC. The van der Waals surface area contributed by atoms with Gasteiger partial charge < -0.3 is 14.7 Å². The van der Waals surface area contributed by atoms with Crippen LogP contribution in [0.2, 0.25) is 0 Å². The number of ether oxygens (including phenoxy) is 1. The summed E-state index contributed by atoms with van der Waals surface area (Å²) in [7, 11) is 2.14. The second-order valence-corrected chi connectivity index (χ2v) is 5.42. The van der Waals surface area contributed by atoms with Gasteiger partial charge in [0.1, 0.15) is 5.75 Å². The van der Waals surface area contributed by atoms with Crippen LogP contribution in [-0.2, 0) is 6.54 Å². The van der Waals surface area contributed by atoms with Crippen molar-refractivity contribution in [2.24, 2.45) is 0 Å². The molecule has 0 fully saturated rings. The Labute approximate surface area is 123 Å². The van der Waals surface area contributed by atoms with Gasteiger partial charge in [0, 0.05) is 12.1 Å². The Morgan fingerprint density at radius 1 is 1.25 bits per heavy atom. The normalized spacial score (nSPS) is 12.7. The molecule has 0 bridgehead atoms. The van der Waals surface area contributed by atoms with Crippen molar-refractivity contribution in [2.45, 2.75) is 52.7 Å². The highest BCUT2D eigenvalue weighted by atomic mass is 16.5. The molecule has 1 N–H and O–H groups in total.